The number of benzene rings is 2. The van der Waals surface area contributed by atoms with Gasteiger partial charge in [-0.2, -0.15) is 5.10 Å². The molecule has 0 heterocycles. The Morgan fingerprint density at radius 3 is 2.62 bits per heavy atom. The van der Waals surface area contributed by atoms with Crippen molar-refractivity contribution in [3.05, 3.63) is 64.1 Å². The van der Waals surface area contributed by atoms with E-state index in [4.69, 9.17) is 17.0 Å². The standard InChI is InChI=1S/C17H16BrN3O2S/c1-2-19-17(24)21-20-11-12-7-9-13(10-8-12)23-16(22)14-5-3-4-6-15(14)18/h3-11H,2H2,1H3,(H2,19,21,24)/b20-11+. The molecule has 124 valence electrons. The lowest BCUT2D eigenvalue weighted by molar-refractivity contribution is 0.0734. The largest absolute Gasteiger partial charge is 0.423 e. The summed E-state index contributed by atoms with van der Waals surface area (Å²) >= 11 is 8.33. The topological polar surface area (TPSA) is 62.7 Å². The van der Waals surface area contributed by atoms with Crippen molar-refractivity contribution < 1.29 is 9.53 Å². The molecule has 0 radical (unpaired) electrons. The minimum atomic E-state index is -0.415. The fourth-order valence-electron chi connectivity index (χ4n) is 1.78. The van der Waals surface area contributed by atoms with Gasteiger partial charge in [0, 0.05) is 11.0 Å². The van der Waals surface area contributed by atoms with E-state index >= 15 is 0 Å². The molecule has 2 aromatic carbocycles. The third-order valence-electron chi connectivity index (χ3n) is 2.90. The lowest BCUT2D eigenvalue weighted by Crippen LogP contribution is -2.31. The van der Waals surface area contributed by atoms with Crippen molar-refractivity contribution in [2.24, 2.45) is 5.10 Å². The molecule has 0 aliphatic carbocycles. The molecule has 0 spiro atoms. The number of hydrogen-bond donors (Lipinski definition) is 2. The van der Waals surface area contributed by atoms with Gasteiger partial charge in [-0.1, -0.05) is 12.1 Å². The van der Waals surface area contributed by atoms with Crippen LogP contribution in [0.25, 0.3) is 0 Å². The minimum absolute atomic E-state index is 0.415. The van der Waals surface area contributed by atoms with Crippen LogP contribution in [0.15, 0.2) is 58.1 Å². The lowest BCUT2D eigenvalue weighted by atomic mass is 10.2. The molecule has 7 heteroatoms. The summed E-state index contributed by atoms with van der Waals surface area (Å²) in [5.74, 6) is 0.0468. The molecule has 0 saturated carbocycles. The van der Waals surface area contributed by atoms with Crippen LogP contribution in [-0.2, 0) is 0 Å². The van der Waals surface area contributed by atoms with E-state index in [-0.39, 0.29) is 0 Å². The van der Waals surface area contributed by atoms with Crippen LogP contribution in [0.5, 0.6) is 5.75 Å². The van der Waals surface area contributed by atoms with Crippen molar-refractivity contribution >= 4 is 45.4 Å². The fraction of sp³-hybridized carbons (Fsp3) is 0.118. The summed E-state index contributed by atoms with van der Waals surface area (Å²) in [6, 6.07) is 14.1. The Bertz CT molecular complexity index is 748. The number of rotatable bonds is 5. The number of hydrazone groups is 1. The van der Waals surface area contributed by atoms with Gasteiger partial charge in [-0.3, -0.25) is 5.43 Å². The zero-order valence-electron chi connectivity index (χ0n) is 13.0. The maximum atomic E-state index is 12.1. The number of nitrogens with one attached hydrogen (secondary N) is 2. The van der Waals surface area contributed by atoms with E-state index in [1.54, 1.807) is 48.7 Å². The first-order chi connectivity index (χ1) is 11.6. The van der Waals surface area contributed by atoms with Crippen molar-refractivity contribution in [1.29, 1.82) is 0 Å². The van der Waals surface area contributed by atoms with E-state index in [9.17, 15) is 4.79 Å². The number of hydrogen-bond acceptors (Lipinski definition) is 4. The van der Waals surface area contributed by atoms with Crippen molar-refractivity contribution in [2.45, 2.75) is 6.92 Å². The molecule has 0 amide bonds. The average molecular weight is 406 g/mol. The van der Waals surface area contributed by atoms with Crippen LogP contribution in [0, 0.1) is 0 Å². The Morgan fingerprint density at radius 1 is 1.25 bits per heavy atom. The highest BCUT2D eigenvalue weighted by Gasteiger charge is 2.11. The Kier molecular flexibility index (Phi) is 6.89. The SMILES string of the molecule is CCNC(=S)N/N=C/c1ccc(OC(=O)c2ccccc2Br)cc1. The predicted molar refractivity (Wildman–Crippen MR) is 103 cm³/mol. The molecule has 2 rings (SSSR count). The Labute approximate surface area is 154 Å². The highest BCUT2D eigenvalue weighted by molar-refractivity contribution is 9.10. The smallest absolute Gasteiger partial charge is 0.344 e. The summed E-state index contributed by atoms with van der Waals surface area (Å²) in [4.78, 5) is 12.1. The highest BCUT2D eigenvalue weighted by Crippen LogP contribution is 2.19. The molecule has 2 N–H and O–H groups in total. The van der Waals surface area contributed by atoms with Crippen molar-refractivity contribution in [3.63, 3.8) is 0 Å². The van der Waals surface area contributed by atoms with Crippen LogP contribution in [0.3, 0.4) is 0 Å². The zero-order valence-corrected chi connectivity index (χ0v) is 15.4. The quantitative estimate of drug-likeness (QED) is 0.262. The minimum Gasteiger partial charge on any atom is -0.423 e. The van der Waals surface area contributed by atoms with E-state index in [1.165, 1.54) is 0 Å². The summed E-state index contributed by atoms with van der Waals surface area (Å²) in [5, 5.41) is 7.41. The number of esters is 1. The van der Waals surface area contributed by atoms with Gasteiger partial charge in [0.15, 0.2) is 5.11 Å². The normalized spacial score (nSPS) is 10.4. The van der Waals surface area contributed by atoms with E-state index in [1.807, 2.05) is 13.0 Å². The zero-order chi connectivity index (χ0) is 17.4. The molecule has 5 nitrogen and oxygen atoms in total. The van der Waals surface area contributed by atoms with E-state index in [0.29, 0.717) is 20.9 Å². The number of nitrogens with zero attached hydrogens (tertiary/aromatic N) is 1. The van der Waals surface area contributed by atoms with Gasteiger partial charge in [-0.15, -0.1) is 0 Å². The molecule has 0 aliphatic heterocycles. The first-order valence-electron chi connectivity index (χ1n) is 7.24. The molecule has 0 bridgehead atoms. The molecule has 24 heavy (non-hydrogen) atoms. The summed E-state index contributed by atoms with van der Waals surface area (Å²) in [5.41, 5.74) is 4.03. The maximum absolute atomic E-state index is 12.1. The summed E-state index contributed by atoms with van der Waals surface area (Å²) in [7, 11) is 0. The van der Waals surface area contributed by atoms with Gasteiger partial charge < -0.3 is 10.1 Å². The van der Waals surface area contributed by atoms with Crippen molar-refractivity contribution in [1.82, 2.24) is 10.7 Å². The molecule has 0 aliphatic rings. The Hall–Kier alpha value is -2.25. The number of thiocarbonyl (C=S) groups is 1. The van der Waals surface area contributed by atoms with Gasteiger partial charge in [0.05, 0.1) is 11.8 Å². The Balaban J connectivity index is 1.95. The second kappa shape index (κ2) is 9.14. The first-order valence-corrected chi connectivity index (χ1v) is 8.44. The Morgan fingerprint density at radius 2 is 1.96 bits per heavy atom. The molecular formula is C17H16BrN3O2S. The van der Waals surface area contributed by atoms with Gasteiger partial charge in [0.2, 0.25) is 0 Å². The summed E-state index contributed by atoms with van der Waals surface area (Å²) in [6.07, 6.45) is 1.63. The van der Waals surface area contributed by atoms with Gasteiger partial charge in [0.25, 0.3) is 0 Å². The molecule has 0 fully saturated rings. The van der Waals surface area contributed by atoms with Crippen LogP contribution < -0.4 is 15.5 Å². The second-order valence-electron chi connectivity index (χ2n) is 4.67. The molecular weight excluding hydrogens is 390 g/mol. The fourth-order valence-corrected chi connectivity index (χ4v) is 2.42. The third-order valence-corrected chi connectivity index (χ3v) is 3.83. The lowest BCUT2D eigenvalue weighted by Gasteiger charge is -2.06. The van der Waals surface area contributed by atoms with Gasteiger partial charge in [0.1, 0.15) is 5.75 Å². The van der Waals surface area contributed by atoms with Crippen molar-refractivity contribution in [2.75, 3.05) is 6.54 Å². The highest BCUT2D eigenvalue weighted by atomic mass is 79.9. The van der Waals surface area contributed by atoms with Crippen LogP contribution >= 0.6 is 28.1 Å². The monoisotopic (exact) mass is 405 g/mol. The predicted octanol–water partition coefficient (Wildman–Crippen LogP) is 3.49. The molecule has 0 unspecified atom stereocenters. The molecule has 0 aromatic heterocycles. The van der Waals surface area contributed by atoms with Crippen molar-refractivity contribution in [3.8, 4) is 5.75 Å². The maximum Gasteiger partial charge on any atom is 0.344 e. The summed E-state index contributed by atoms with van der Waals surface area (Å²) < 4.78 is 6.05. The number of ether oxygens (including phenoxy) is 1. The van der Waals surface area contributed by atoms with Crippen LogP contribution in [0.4, 0.5) is 0 Å². The number of carbonyl (C=O) groups is 1. The van der Waals surface area contributed by atoms with Gasteiger partial charge in [-0.25, -0.2) is 4.79 Å². The molecule has 2 aromatic rings. The number of carbonyl (C=O) groups excluding carboxylic acids is 1. The van der Waals surface area contributed by atoms with E-state index in [2.05, 4.69) is 31.8 Å². The van der Waals surface area contributed by atoms with E-state index < -0.39 is 5.97 Å². The van der Waals surface area contributed by atoms with Gasteiger partial charge in [-0.05, 0) is 77.0 Å². The van der Waals surface area contributed by atoms with E-state index in [0.717, 1.165) is 12.1 Å². The number of halogens is 1. The second-order valence-corrected chi connectivity index (χ2v) is 5.93. The van der Waals surface area contributed by atoms with Crippen LogP contribution in [-0.4, -0.2) is 23.8 Å². The van der Waals surface area contributed by atoms with Crippen LogP contribution in [0.2, 0.25) is 0 Å². The van der Waals surface area contributed by atoms with Gasteiger partial charge >= 0.3 is 5.97 Å². The average Bonchev–Trinajstić information content (AvgIpc) is 2.57. The third kappa shape index (κ3) is 5.43. The molecule has 0 saturated heterocycles. The molecule has 0 atom stereocenters. The first kappa shape index (κ1) is 18.1. The summed E-state index contributed by atoms with van der Waals surface area (Å²) in [6.45, 7) is 2.69. The van der Waals surface area contributed by atoms with Crippen LogP contribution in [0.1, 0.15) is 22.8 Å².